The molecular formula is C12H20N2S. The molecule has 0 aromatic carbocycles. The van der Waals surface area contributed by atoms with Crippen molar-refractivity contribution in [2.75, 3.05) is 0 Å². The van der Waals surface area contributed by atoms with Gasteiger partial charge in [-0.1, -0.05) is 27.2 Å². The summed E-state index contributed by atoms with van der Waals surface area (Å²) >= 11 is 5.34. The quantitative estimate of drug-likeness (QED) is 0.773. The van der Waals surface area contributed by atoms with Crippen LogP contribution in [0, 0.1) is 10.2 Å². The van der Waals surface area contributed by atoms with E-state index in [9.17, 15) is 0 Å². The SMILES string of the molecule is CC(C)c1c[nH]c(=S)n1CC1(C)CCC1. The fourth-order valence-electron chi connectivity index (χ4n) is 2.37. The van der Waals surface area contributed by atoms with Crippen LogP contribution in [0.25, 0.3) is 0 Å². The van der Waals surface area contributed by atoms with E-state index in [4.69, 9.17) is 12.2 Å². The largest absolute Gasteiger partial charge is 0.337 e. The Morgan fingerprint density at radius 3 is 2.67 bits per heavy atom. The highest BCUT2D eigenvalue weighted by Gasteiger charge is 2.32. The highest BCUT2D eigenvalue weighted by Crippen LogP contribution is 2.42. The van der Waals surface area contributed by atoms with Gasteiger partial charge in [-0.15, -0.1) is 0 Å². The van der Waals surface area contributed by atoms with Crippen LogP contribution in [0.5, 0.6) is 0 Å². The van der Waals surface area contributed by atoms with Gasteiger partial charge in [-0.3, -0.25) is 0 Å². The lowest BCUT2D eigenvalue weighted by Crippen LogP contribution is -2.31. The molecule has 2 nitrogen and oxygen atoms in total. The normalized spacial score (nSPS) is 19.2. The minimum atomic E-state index is 0.490. The van der Waals surface area contributed by atoms with Crippen LogP contribution in [0.3, 0.4) is 0 Å². The molecule has 1 aromatic rings. The van der Waals surface area contributed by atoms with Crippen molar-refractivity contribution in [2.24, 2.45) is 5.41 Å². The van der Waals surface area contributed by atoms with Gasteiger partial charge in [0.1, 0.15) is 0 Å². The van der Waals surface area contributed by atoms with Crippen molar-refractivity contribution in [1.29, 1.82) is 0 Å². The van der Waals surface area contributed by atoms with Gasteiger partial charge < -0.3 is 9.55 Å². The van der Waals surface area contributed by atoms with Crippen LogP contribution in [0.15, 0.2) is 6.20 Å². The molecule has 0 radical (unpaired) electrons. The number of nitrogens with zero attached hydrogens (tertiary/aromatic N) is 1. The smallest absolute Gasteiger partial charge is 0.177 e. The average molecular weight is 224 g/mol. The predicted molar refractivity (Wildman–Crippen MR) is 65.7 cm³/mol. The second-order valence-electron chi connectivity index (χ2n) is 5.42. The maximum Gasteiger partial charge on any atom is 0.177 e. The summed E-state index contributed by atoms with van der Waals surface area (Å²) in [6.07, 6.45) is 6.13. The number of aromatic nitrogens is 2. The third-order valence-corrected chi connectivity index (χ3v) is 3.93. The third kappa shape index (κ3) is 2.03. The minimum absolute atomic E-state index is 0.490. The fourth-order valence-corrected chi connectivity index (χ4v) is 2.60. The molecule has 0 aliphatic heterocycles. The zero-order valence-corrected chi connectivity index (χ0v) is 10.7. The molecule has 0 amide bonds. The van der Waals surface area contributed by atoms with Gasteiger partial charge in [0, 0.05) is 18.4 Å². The Balaban J connectivity index is 2.26. The van der Waals surface area contributed by atoms with Gasteiger partial charge in [0.15, 0.2) is 4.77 Å². The molecule has 1 fully saturated rings. The Labute approximate surface area is 96.7 Å². The molecular weight excluding hydrogens is 204 g/mol. The topological polar surface area (TPSA) is 20.7 Å². The summed E-state index contributed by atoms with van der Waals surface area (Å²) in [6.45, 7) is 7.90. The molecule has 0 atom stereocenters. The van der Waals surface area contributed by atoms with E-state index in [0.29, 0.717) is 11.3 Å². The van der Waals surface area contributed by atoms with Crippen molar-refractivity contribution in [3.05, 3.63) is 16.7 Å². The van der Waals surface area contributed by atoms with E-state index in [2.05, 4.69) is 36.5 Å². The van der Waals surface area contributed by atoms with Crippen LogP contribution in [0.4, 0.5) is 0 Å². The van der Waals surface area contributed by atoms with E-state index in [1.165, 1.54) is 25.0 Å². The van der Waals surface area contributed by atoms with E-state index < -0.39 is 0 Å². The number of aromatic amines is 1. The van der Waals surface area contributed by atoms with Gasteiger partial charge in [-0.2, -0.15) is 0 Å². The number of rotatable bonds is 3. The molecule has 1 aromatic heterocycles. The summed E-state index contributed by atoms with van der Waals surface area (Å²) in [6, 6.07) is 0. The lowest BCUT2D eigenvalue weighted by atomic mass is 9.70. The van der Waals surface area contributed by atoms with Crippen LogP contribution in [-0.4, -0.2) is 9.55 Å². The Hall–Kier alpha value is -0.570. The van der Waals surface area contributed by atoms with Crippen LogP contribution in [0.1, 0.15) is 51.6 Å². The number of hydrogen-bond donors (Lipinski definition) is 1. The Morgan fingerprint density at radius 1 is 1.53 bits per heavy atom. The summed E-state index contributed by atoms with van der Waals surface area (Å²) in [5, 5.41) is 0. The molecule has 15 heavy (non-hydrogen) atoms. The van der Waals surface area contributed by atoms with E-state index in [0.717, 1.165) is 11.3 Å². The molecule has 0 saturated heterocycles. The fraction of sp³-hybridized carbons (Fsp3) is 0.750. The summed E-state index contributed by atoms with van der Waals surface area (Å²) in [5.74, 6) is 0.543. The minimum Gasteiger partial charge on any atom is -0.337 e. The molecule has 1 aliphatic carbocycles. The molecule has 1 heterocycles. The third-order valence-electron chi connectivity index (χ3n) is 3.59. The number of imidazole rings is 1. The van der Waals surface area contributed by atoms with Gasteiger partial charge in [-0.05, 0) is 36.4 Å². The predicted octanol–water partition coefficient (Wildman–Crippen LogP) is 3.86. The molecule has 1 saturated carbocycles. The Morgan fingerprint density at radius 2 is 2.20 bits per heavy atom. The maximum atomic E-state index is 5.34. The van der Waals surface area contributed by atoms with Crippen molar-refractivity contribution in [2.45, 2.75) is 52.5 Å². The van der Waals surface area contributed by atoms with Gasteiger partial charge in [0.2, 0.25) is 0 Å². The van der Waals surface area contributed by atoms with Crippen molar-refractivity contribution >= 4 is 12.2 Å². The van der Waals surface area contributed by atoms with Crippen molar-refractivity contribution < 1.29 is 0 Å². The van der Waals surface area contributed by atoms with E-state index >= 15 is 0 Å². The second-order valence-corrected chi connectivity index (χ2v) is 5.81. The first-order valence-electron chi connectivity index (χ1n) is 5.80. The van der Waals surface area contributed by atoms with Gasteiger partial charge in [-0.25, -0.2) is 0 Å². The second kappa shape index (κ2) is 3.78. The summed E-state index contributed by atoms with van der Waals surface area (Å²) in [7, 11) is 0. The highest BCUT2D eigenvalue weighted by molar-refractivity contribution is 7.71. The first-order valence-corrected chi connectivity index (χ1v) is 6.21. The first kappa shape index (κ1) is 10.9. The standard InChI is InChI=1S/C12H20N2S/c1-9(2)10-7-13-11(15)14(10)8-12(3)5-4-6-12/h7,9H,4-6,8H2,1-3H3,(H,13,15). The van der Waals surface area contributed by atoms with Crippen LogP contribution in [0.2, 0.25) is 0 Å². The lowest BCUT2D eigenvalue weighted by molar-refractivity contribution is 0.130. The van der Waals surface area contributed by atoms with Gasteiger partial charge in [0.25, 0.3) is 0 Å². The number of hydrogen-bond acceptors (Lipinski definition) is 1. The highest BCUT2D eigenvalue weighted by atomic mass is 32.1. The van der Waals surface area contributed by atoms with Crippen molar-refractivity contribution in [1.82, 2.24) is 9.55 Å². The summed E-state index contributed by atoms with van der Waals surface area (Å²) < 4.78 is 3.17. The van der Waals surface area contributed by atoms with E-state index in [1.54, 1.807) is 0 Å². The average Bonchev–Trinajstić information content (AvgIpc) is 2.45. The molecule has 3 heteroatoms. The molecule has 1 aliphatic rings. The molecule has 84 valence electrons. The van der Waals surface area contributed by atoms with Crippen LogP contribution < -0.4 is 0 Å². The molecule has 0 bridgehead atoms. The van der Waals surface area contributed by atoms with E-state index in [1.807, 2.05) is 0 Å². The molecule has 0 unspecified atom stereocenters. The molecule has 2 rings (SSSR count). The Kier molecular flexibility index (Phi) is 2.75. The zero-order valence-electron chi connectivity index (χ0n) is 9.84. The lowest BCUT2D eigenvalue weighted by Gasteiger charge is -2.39. The van der Waals surface area contributed by atoms with Gasteiger partial charge >= 0.3 is 0 Å². The van der Waals surface area contributed by atoms with Crippen LogP contribution in [-0.2, 0) is 6.54 Å². The molecule has 0 spiro atoms. The van der Waals surface area contributed by atoms with Crippen LogP contribution >= 0.6 is 12.2 Å². The van der Waals surface area contributed by atoms with Crippen molar-refractivity contribution in [3.63, 3.8) is 0 Å². The zero-order chi connectivity index (χ0) is 11.1. The monoisotopic (exact) mass is 224 g/mol. The maximum absolute atomic E-state index is 5.34. The number of nitrogens with one attached hydrogen (secondary N) is 1. The number of H-pyrrole nitrogens is 1. The van der Waals surface area contributed by atoms with Crippen molar-refractivity contribution in [3.8, 4) is 0 Å². The summed E-state index contributed by atoms with van der Waals surface area (Å²) in [5.41, 5.74) is 1.83. The van der Waals surface area contributed by atoms with E-state index in [-0.39, 0.29) is 0 Å². The summed E-state index contributed by atoms with van der Waals surface area (Å²) in [4.78, 5) is 3.17. The van der Waals surface area contributed by atoms with Gasteiger partial charge in [0.05, 0.1) is 0 Å². The first-order chi connectivity index (χ1) is 7.02. The molecule has 1 N–H and O–H groups in total. The Bertz CT molecular complexity index is 396.